The fourth-order valence-corrected chi connectivity index (χ4v) is 3.31. The molecule has 4 rings (SSSR count). The predicted octanol–water partition coefficient (Wildman–Crippen LogP) is 4.46. The third-order valence-corrected chi connectivity index (χ3v) is 4.55. The molecule has 122 valence electrons. The van der Waals surface area contributed by atoms with Crippen molar-refractivity contribution in [3.8, 4) is 11.1 Å². The summed E-state index contributed by atoms with van der Waals surface area (Å²) in [4.78, 5) is 26.6. The summed E-state index contributed by atoms with van der Waals surface area (Å²) in [7, 11) is 0. The topological polar surface area (TPSA) is 37.4 Å². The van der Waals surface area contributed by atoms with E-state index in [0.717, 1.165) is 22.3 Å². The van der Waals surface area contributed by atoms with E-state index >= 15 is 0 Å². The maximum atomic E-state index is 12.6. The SMILES string of the molecule is Cc1ccc(-c2ccccc2)c(CN2C(=O)c3ccccc3C2=O)c1. The van der Waals surface area contributed by atoms with E-state index in [2.05, 4.69) is 6.07 Å². The minimum absolute atomic E-state index is 0.221. The van der Waals surface area contributed by atoms with E-state index < -0.39 is 0 Å². The number of hydrogen-bond donors (Lipinski definition) is 0. The molecule has 0 aromatic heterocycles. The van der Waals surface area contributed by atoms with Crippen LogP contribution in [0.15, 0.2) is 72.8 Å². The van der Waals surface area contributed by atoms with E-state index in [1.807, 2.05) is 49.4 Å². The highest BCUT2D eigenvalue weighted by molar-refractivity contribution is 6.21. The summed E-state index contributed by atoms with van der Waals surface area (Å²) >= 11 is 0. The molecule has 3 aromatic rings. The monoisotopic (exact) mass is 327 g/mol. The van der Waals surface area contributed by atoms with Crippen molar-refractivity contribution in [3.63, 3.8) is 0 Å². The van der Waals surface area contributed by atoms with Gasteiger partial charge in [0.2, 0.25) is 0 Å². The molecule has 0 radical (unpaired) electrons. The zero-order chi connectivity index (χ0) is 17.4. The lowest BCUT2D eigenvalue weighted by Crippen LogP contribution is -2.29. The summed E-state index contributed by atoms with van der Waals surface area (Å²) in [6.07, 6.45) is 0. The maximum absolute atomic E-state index is 12.6. The minimum Gasteiger partial charge on any atom is -0.270 e. The maximum Gasteiger partial charge on any atom is 0.261 e. The van der Waals surface area contributed by atoms with Gasteiger partial charge in [0.25, 0.3) is 11.8 Å². The molecule has 1 aliphatic heterocycles. The Kier molecular flexibility index (Phi) is 3.69. The molecule has 0 aliphatic carbocycles. The van der Waals surface area contributed by atoms with E-state index in [1.54, 1.807) is 24.3 Å². The molecule has 25 heavy (non-hydrogen) atoms. The molecule has 0 fully saturated rings. The number of benzene rings is 3. The molecule has 0 unspecified atom stereocenters. The Morgan fingerprint density at radius 3 is 1.96 bits per heavy atom. The Balaban J connectivity index is 1.74. The van der Waals surface area contributed by atoms with Crippen LogP contribution in [-0.4, -0.2) is 16.7 Å². The first-order chi connectivity index (χ1) is 12.1. The fraction of sp³-hybridized carbons (Fsp3) is 0.0909. The minimum atomic E-state index is -0.221. The van der Waals surface area contributed by atoms with Gasteiger partial charge in [-0.15, -0.1) is 0 Å². The van der Waals surface area contributed by atoms with Gasteiger partial charge in [0.15, 0.2) is 0 Å². The lowest BCUT2D eigenvalue weighted by Gasteiger charge is -2.17. The van der Waals surface area contributed by atoms with Crippen LogP contribution in [-0.2, 0) is 6.54 Å². The Morgan fingerprint density at radius 2 is 1.32 bits per heavy atom. The molecule has 0 bridgehead atoms. The van der Waals surface area contributed by atoms with Gasteiger partial charge >= 0.3 is 0 Å². The number of aryl methyl sites for hydroxylation is 1. The van der Waals surface area contributed by atoms with Crippen LogP contribution in [0.25, 0.3) is 11.1 Å². The Morgan fingerprint density at radius 1 is 0.720 bits per heavy atom. The van der Waals surface area contributed by atoms with Gasteiger partial charge < -0.3 is 0 Å². The summed E-state index contributed by atoms with van der Waals surface area (Å²) in [6.45, 7) is 2.29. The quantitative estimate of drug-likeness (QED) is 0.666. The lowest BCUT2D eigenvalue weighted by molar-refractivity contribution is 0.0642. The highest BCUT2D eigenvalue weighted by atomic mass is 16.2. The van der Waals surface area contributed by atoms with Crippen LogP contribution in [0.2, 0.25) is 0 Å². The number of hydrogen-bond acceptors (Lipinski definition) is 2. The summed E-state index contributed by atoms with van der Waals surface area (Å²) in [6, 6.07) is 23.2. The molecule has 3 heteroatoms. The average Bonchev–Trinajstić information content (AvgIpc) is 2.88. The largest absolute Gasteiger partial charge is 0.270 e. The van der Waals surface area contributed by atoms with Crippen molar-refractivity contribution in [1.82, 2.24) is 4.90 Å². The summed E-state index contributed by atoms with van der Waals surface area (Å²) in [5, 5.41) is 0. The number of rotatable bonds is 3. The third kappa shape index (κ3) is 2.64. The van der Waals surface area contributed by atoms with Crippen LogP contribution < -0.4 is 0 Å². The van der Waals surface area contributed by atoms with Crippen LogP contribution >= 0.6 is 0 Å². The lowest BCUT2D eigenvalue weighted by atomic mass is 9.97. The van der Waals surface area contributed by atoms with Crippen molar-refractivity contribution in [3.05, 3.63) is 95.1 Å². The van der Waals surface area contributed by atoms with E-state index in [-0.39, 0.29) is 18.4 Å². The molecular formula is C22H17NO2. The van der Waals surface area contributed by atoms with Crippen molar-refractivity contribution in [2.75, 3.05) is 0 Å². The molecule has 0 N–H and O–H groups in total. The van der Waals surface area contributed by atoms with Crippen LogP contribution in [0.4, 0.5) is 0 Å². The molecule has 0 atom stereocenters. The summed E-state index contributed by atoms with van der Waals surface area (Å²) in [5.74, 6) is -0.442. The third-order valence-electron chi connectivity index (χ3n) is 4.55. The molecule has 1 aliphatic rings. The van der Waals surface area contributed by atoms with Gasteiger partial charge in [-0.3, -0.25) is 14.5 Å². The van der Waals surface area contributed by atoms with Crippen molar-refractivity contribution in [2.45, 2.75) is 13.5 Å². The van der Waals surface area contributed by atoms with E-state index in [0.29, 0.717) is 11.1 Å². The highest BCUT2D eigenvalue weighted by Gasteiger charge is 2.35. The van der Waals surface area contributed by atoms with Gasteiger partial charge in [0, 0.05) is 0 Å². The Hall–Kier alpha value is -3.20. The standard InChI is InChI=1S/C22H17NO2/c1-15-11-12-18(16-7-3-2-4-8-16)17(13-15)14-23-21(24)19-9-5-6-10-20(19)22(23)25/h2-13H,14H2,1H3. The van der Waals surface area contributed by atoms with Crippen LogP contribution in [0, 0.1) is 6.92 Å². The number of carbonyl (C=O) groups excluding carboxylic acids is 2. The van der Waals surface area contributed by atoms with Crippen molar-refractivity contribution in [2.24, 2.45) is 0 Å². The second-order valence-corrected chi connectivity index (χ2v) is 6.27. The van der Waals surface area contributed by atoms with E-state index in [1.165, 1.54) is 4.90 Å². The second-order valence-electron chi connectivity index (χ2n) is 6.27. The van der Waals surface area contributed by atoms with Gasteiger partial charge in [0.1, 0.15) is 0 Å². The van der Waals surface area contributed by atoms with Crippen molar-refractivity contribution >= 4 is 11.8 Å². The smallest absolute Gasteiger partial charge is 0.261 e. The predicted molar refractivity (Wildman–Crippen MR) is 97.3 cm³/mol. The van der Waals surface area contributed by atoms with Crippen molar-refractivity contribution in [1.29, 1.82) is 0 Å². The van der Waals surface area contributed by atoms with Gasteiger partial charge in [-0.1, -0.05) is 66.2 Å². The Bertz CT molecular complexity index is 941. The van der Waals surface area contributed by atoms with Gasteiger partial charge in [-0.25, -0.2) is 0 Å². The second kappa shape index (κ2) is 6.02. The molecule has 3 nitrogen and oxygen atoms in total. The van der Waals surface area contributed by atoms with E-state index in [4.69, 9.17) is 0 Å². The van der Waals surface area contributed by atoms with Gasteiger partial charge in [-0.2, -0.15) is 0 Å². The number of amides is 2. The number of nitrogens with zero attached hydrogens (tertiary/aromatic N) is 1. The average molecular weight is 327 g/mol. The van der Waals surface area contributed by atoms with Crippen LogP contribution in [0.5, 0.6) is 0 Å². The Labute approximate surface area is 146 Å². The summed E-state index contributed by atoms with van der Waals surface area (Å²) in [5.41, 5.74) is 5.17. The first-order valence-corrected chi connectivity index (χ1v) is 8.25. The fourth-order valence-electron chi connectivity index (χ4n) is 3.31. The van der Waals surface area contributed by atoms with E-state index in [9.17, 15) is 9.59 Å². The molecule has 2 amide bonds. The van der Waals surface area contributed by atoms with Crippen molar-refractivity contribution < 1.29 is 9.59 Å². The molecule has 0 saturated heterocycles. The molecule has 0 saturated carbocycles. The first kappa shape index (κ1) is 15.3. The number of imide groups is 1. The zero-order valence-electron chi connectivity index (χ0n) is 13.9. The zero-order valence-corrected chi connectivity index (χ0v) is 13.9. The number of fused-ring (bicyclic) bond motifs is 1. The highest BCUT2D eigenvalue weighted by Crippen LogP contribution is 2.29. The molecule has 0 spiro atoms. The molecule has 1 heterocycles. The molecular weight excluding hydrogens is 310 g/mol. The first-order valence-electron chi connectivity index (χ1n) is 8.25. The van der Waals surface area contributed by atoms with Gasteiger partial charge in [0.05, 0.1) is 17.7 Å². The van der Waals surface area contributed by atoms with Crippen LogP contribution in [0.3, 0.4) is 0 Å². The van der Waals surface area contributed by atoms with Gasteiger partial charge in [-0.05, 0) is 35.7 Å². The summed E-state index contributed by atoms with van der Waals surface area (Å²) < 4.78 is 0. The number of carbonyl (C=O) groups is 2. The van der Waals surface area contributed by atoms with Crippen LogP contribution in [0.1, 0.15) is 31.8 Å². The normalized spacial score (nSPS) is 13.2. The molecule has 3 aromatic carbocycles.